The van der Waals surface area contributed by atoms with Gasteiger partial charge in [-0.05, 0) is 59.0 Å². The minimum atomic E-state index is -0.837. The van der Waals surface area contributed by atoms with E-state index in [1.54, 1.807) is 6.92 Å². The molecule has 0 aromatic rings. The van der Waals surface area contributed by atoms with E-state index in [0.717, 1.165) is 25.4 Å². The van der Waals surface area contributed by atoms with Crippen LogP contribution in [0, 0.1) is 0 Å². The van der Waals surface area contributed by atoms with Crippen LogP contribution < -0.4 is 11.5 Å². The zero-order valence-electron chi connectivity index (χ0n) is 10.5. The van der Waals surface area contributed by atoms with E-state index in [0.29, 0.717) is 6.42 Å². The van der Waals surface area contributed by atoms with Crippen LogP contribution in [0.25, 0.3) is 0 Å². The molecular formula is C12H25N3O. The van der Waals surface area contributed by atoms with Crippen LogP contribution >= 0.6 is 0 Å². The summed E-state index contributed by atoms with van der Waals surface area (Å²) >= 11 is 0. The van der Waals surface area contributed by atoms with Gasteiger partial charge in [0, 0.05) is 6.04 Å². The number of carbonyl (C=O) groups excluding carboxylic acids is 1. The van der Waals surface area contributed by atoms with Gasteiger partial charge in [-0.3, -0.25) is 4.79 Å². The van der Waals surface area contributed by atoms with Gasteiger partial charge < -0.3 is 16.4 Å². The molecule has 0 aromatic carbocycles. The van der Waals surface area contributed by atoms with Gasteiger partial charge in [-0.1, -0.05) is 0 Å². The molecule has 1 heterocycles. The molecule has 1 aliphatic heterocycles. The van der Waals surface area contributed by atoms with Crippen LogP contribution in [-0.4, -0.2) is 35.5 Å². The minimum Gasteiger partial charge on any atom is -0.368 e. The summed E-state index contributed by atoms with van der Waals surface area (Å²) < 4.78 is 0. The first-order valence-electron chi connectivity index (χ1n) is 6.26. The molecule has 1 rings (SSSR count). The van der Waals surface area contributed by atoms with Gasteiger partial charge in [0.2, 0.25) is 5.91 Å². The van der Waals surface area contributed by atoms with Crippen molar-refractivity contribution in [2.24, 2.45) is 11.5 Å². The van der Waals surface area contributed by atoms with Gasteiger partial charge in [0.1, 0.15) is 0 Å². The van der Waals surface area contributed by atoms with Crippen molar-refractivity contribution < 1.29 is 4.79 Å². The summed E-state index contributed by atoms with van der Waals surface area (Å²) in [6.45, 7) is 6.34. The second-order valence-electron chi connectivity index (χ2n) is 5.27. The van der Waals surface area contributed by atoms with Crippen molar-refractivity contribution in [1.29, 1.82) is 0 Å². The van der Waals surface area contributed by atoms with Crippen LogP contribution in [0.2, 0.25) is 0 Å². The third-order valence-corrected chi connectivity index (χ3v) is 3.64. The Hall–Kier alpha value is -0.610. The number of amides is 1. The number of unbranched alkanes of at least 4 members (excludes halogenated alkanes) is 1. The van der Waals surface area contributed by atoms with E-state index in [9.17, 15) is 4.79 Å². The van der Waals surface area contributed by atoms with E-state index in [1.165, 1.54) is 19.4 Å². The maximum Gasteiger partial charge on any atom is 0.237 e. The van der Waals surface area contributed by atoms with E-state index in [1.807, 2.05) is 0 Å². The molecule has 1 saturated heterocycles. The Kier molecular flexibility index (Phi) is 4.74. The SMILES string of the molecule is CC1CCCN1CCCCC(C)(N)C(N)=O. The Morgan fingerprint density at radius 2 is 2.19 bits per heavy atom. The fraction of sp³-hybridized carbons (Fsp3) is 0.917. The average Bonchev–Trinajstić information content (AvgIpc) is 2.59. The Bertz CT molecular complexity index is 240. The lowest BCUT2D eigenvalue weighted by atomic mass is 9.95. The molecule has 4 heteroatoms. The highest BCUT2D eigenvalue weighted by molar-refractivity contribution is 5.83. The fourth-order valence-corrected chi connectivity index (χ4v) is 2.26. The van der Waals surface area contributed by atoms with Crippen LogP contribution in [0.1, 0.15) is 46.0 Å². The standard InChI is InChI=1S/C12H25N3O/c1-10-6-5-9-15(10)8-4-3-7-12(2,14)11(13)16/h10H,3-9,14H2,1-2H3,(H2,13,16). The number of carbonyl (C=O) groups is 1. The molecule has 0 spiro atoms. The lowest BCUT2D eigenvalue weighted by Gasteiger charge is -2.23. The molecule has 1 aliphatic rings. The van der Waals surface area contributed by atoms with E-state index in [2.05, 4.69) is 11.8 Å². The number of likely N-dealkylation sites (tertiary alicyclic amines) is 1. The molecular weight excluding hydrogens is 202 g/mol. The highest BCUT2D eigenvalue weighted by atomic mass is 16.1. The summed E-state index contributed by atoms with van der Waals surface area (Å²) in [6, 6.07) is 0.723. The zero-order valence-corrected chi connectivity index (χ0v) is 10.5. The first kappa shape index (κ1) is 13.5. The van der Waals surface area contributed by atoms with Gasteiger partial charge in [0.25, 0.3) is 0 Å². The lowest BCUT2D eigenvalue weighted by molar-refractivity contribution is -0.122. The molecule has 1 amide bonds. The normalized spacial score (nSPS) is 25.6. The Morgan fingerprint density at radius 1 is 1.50 bits per heavy atom. The first-order chi connectivity index (χ1) is 7.43. The summed E-state index contributed by atoms with van der Waals surface area (Å²) in [5.41, 5.74) is 10.2. The largest absolute Gasteiger partial charge is 0.368 e. The smallest absolute Gasteiger partial charge is 0.237 e. The topological polar surface area (TPSA) is 72.3 Å². The van der Waals surface area contributed by atoms with E-state index in [4.69, 9.17) is 11.5 Å². The Morgan fingerprint density at radius 3 is 2.69 bits per heavy atom. The quantitative estimate of drug-likeness (QED) is 0.661. The van der Waals surface area contributed by atoms with Gasteiger partial charge >= 0.3 is 0 Å². The van der Waals surface area contributed by atoms with Gasteiger partial charge in [-0.15, -0.1) is 0 Å². The number of nitrogens with two attached hydrogens (primary N) is 2. The van der Waals surface area contributed by atoms with Crippen molar-refractivity contribution in [3.8, 4) is 0 Å². The Labute approximate surface area is 98.3 Å². The number of hydrogen-bond acceptors (Lipinski definition) is 3. The van der Waals surface area contributed by atoms with E-state index >= 15 is 0 Å². The van der Waals surface area contributed by atoms with Crippen molar-refractivity contribution in [3.05, 3.63) is 0 Å². The molecule has 0 bridgehead atoms. The summed E-state index contributed by atoms with van der Waals surface area (Å²) in [5, 5.41) is 0. The summed E-state index contributed by atoms with van der Waals surface area (Å²) in [7, 11) is 0. The molecule has 4 nitrogen and oxygen atoms in total. The molecule has 16 heavy (non-hydrogen) atoms. The average molecular weight is 227 g/mol. The molecule has 0 radical (unpaired) electrons. The highest BCUT2D eigenvalue weighted by Crippen LogP contribution is 2.18. The molecule has 0 aliphatic carbocycles. The predicted molar refractivity (Wildman–Crippen MR) is 65.9 cm³/mol. The van der Waals surface area contributed by atoms with E-state index < -0.39 is 11.4 Å². The third-order valence-electron chi connectivity index (χ3n) is 3.64. The van der Waals surface area contributed by atoms with Gasteiger partial charge in [0.05, 0.1) is 5.54 Å². The molecule has 2 atom stereocenters. The molecule has 94 valence electrons. The molecule has 2 unspecified atom stereocenters. The number of rotatable bonds is 6. The summed E-state index contributed by atoms with van der Waals surface area (Å²) in [5.74, 6) is -0.401. The summed E-state index contributed by atoms with van der Waals surface area (Å²) in [6.07, 6.45) is 5.39. The Balaban J connectivity index is 2.14. The molecule has 4 N–H and O–H groups in total. The fourth-order valence-electron chi connectivity index (χ4n) is 2.26. The lowest BCUT2D eigenvalue weighted by Crippen LogP contribution is -2.49. The van der Waals surface area contributed by atoms with Crippen LogP contribution in [0.5, 0.6) is 0 Å². The summed E-state index contributed by atoms with van der Waals surface area (Å²) in [4.78, 5) is 13.5. The van der Waals surface area contributed by atoms with Crippen LogP contribution in [0.3, 0.4) is 0 Å². The molecule has 1 fully saturated rings. The van der Waals surface area contributed by atoms with Gasteiger partial charge in [-0.25, -0.2) is 0 Å². The van der Waals surface area contributed by atoms with Crippen molar-refractivity contribution in [3.63, 3.8) is 0 Å². The number of primary amides is 1. The maximum absolute atomic E-state index is 11.0. The van der Waals surface area contributed by atoms with Gasteiger partial charge in [-0.2, -0.15) is 0 Å². The number of hydrogen-bond donors (Lipinski definition) is 2. The molecule has 0 saturated carbocycles. The first-order valence-corrected chi connectivity index (χ1v) is 6.26. The zero-order chi connectivity index (χ0) is 12.2. The van der Waals surface area contributed by atoms with E-state index in [-0.39, 0.29) is 0 Å². The third kappa shape index (κ3) is 3.76. The molecule has 0 aromatic heterocycles. The minimum absolute atomic E-state index is 0.401. The highest BCUT2D eigenvalue weighted by Gasteiger charge is 2.25. The van der Waals surface area contributed by atoms with Crippen molar-refractivity contribution >= 4 is 5.91 Å². The van der Waals surface area contributed by atoms with Crippen molar-refractivity contribution in [1.82, 2.24) is 4.90 Å². The number of nitrogens with zero attached hydrogens (tertiary/aromatic N) is 1. The second-order valence-corrected chi connectivity index (χ2v) is 5.27. The van der Waals surface area contributed by atoms with Crippen LogP contribution in [0.15, 0.2) is 0 Å². The maximum atomic E-state index is 11.0. The van der Waals surface area contributed by atoms with Crippen LogP contribution in [0.4, 0.5) is 0 Å². The second kappa shape index (κ2) is 5.64. The van der Waals surface area contributed by atoms with Crippen molar-refractivity contribution in [2.75, 3.05) is 13.1 Å². The predicted octanol–water partition coefficient (Wildman–Crippen LogP) is 0.844. The van der Waals surface area contributed by atoms with Gasteiger partial charge in [0.15, 0.2) is 0 Å². The monoisotopic (exact) mass is 227 g/mol. The van der Waals surface area contributed by atoms with Crippen molar-refractivity contribution in [2.45, 2.75) is 57.5 Å². The van der Waals surface area contributed by atoms with Crippen LogP contribution in [-0.2, 0) is 4.79 Å².